The van der Waals surface area contributed by atoms with Crippen molar-refractivity contribution >= 4 is 40.7 Å². The number of halogens is 4. The molecule has 2 N–H and O–H groups in total. The van der Waals surface area contributed by atoms with Gasteiger partial charge in [0.1, 0.15) is 5.75 Å². The van der Waals surface area contributed by atoms with Crippen molar-refractivity contribution in [2.45, 2.75) is 19.1 Å². The van der Waals surface area contributed by atoms with Gasteiger partial charge in [0.2, 0.25) is 0 Å². The first kappa shape index (κ1) is 24.8. The third-order valence-electron chi connectivity index (χ3n) is 4.45. The molecule has 2 aromatic carbocycles. The SMILES string of the molecule is CN=C(NCCCOc1ccc2ccccc2c1)NCc1cn(C)nc1C(F)(F)F.I. The number of fused-ring (bicyclic) bond motifs is 1. The molecule has 10 heteroatoms. The normalized spacial score (nSPS) is 11.8. The molecule has 31 heavy (non-hydrogen) atoms. The maximum atomic E-state index is 13.0. The molecule has 0 fully saturated rings. The van der Waals surface area contributed by atoms with E-state index < -0.39 is 11.9 Å². The lowest BCUT2D eigenvalue weighted by molar-refractivity contribution is -0.142. The lowest BCUT2D eigenvalue weighted by Gasteiger charge is -2.13. The third-order valence-corrected chi connectivity index (χ3v) is 4.45. The molecule has 1 aromatic heterocycles. The van der Waals surface area contributed by atoms with E-state index in [4.69, 9.17) is 4.74 Å². The number of aromatic nitrogens is 2. The number of guanidine groups is 1. The lowest BCUT2D eigenvalue weighted by atomic mass is 10.1. The lowest BCUT2D eigenvalue weighted by Crippen LogP contribution is -2.38. The summed E-state index contributed by atoms with van der Waals surface area (Å²) in [4.78, 5) is 4.04. The minimum absolute atomic E-state index is 0. The van der Waals surface area contributed by atoms with Gasteiger partial charge in [0.05, 0.1) is 6.61 Å². The monoisotopic (exact) mass is 547 g/mol. The van der Waals surface area contributed by atoms with Crippen molar-refractivity contribution in [2.24, 2.45) is 12.0 Å². The van der Waals surface area contributed by atoms with Crippen molar-refractivity contribution in [3.8, 4) is 5.75 Å². The highest BCUT2D eigenvalue weighted by molar-refractivity contribution is 14.0. The summed E-state index contributed by atoms with van der Waals surface area (Å²) in [5.74, 6) is 1.21. The maximum absolute atomic E-state index is 13.0. The van der Waals surface area contributed by atoms with Gasteiger partial charge in [-0.25, -0.2) is 0 Å². The van der Waals surface area contributed by atoms with E-state index >= 15 is 0 Å². The van der Waals surface area contributed by atoms with Crippen LogP contribution in [0.4, 0.5) is 13.2 Å². The first-order chi connectivity index (χ1) is 14.4. The first-order valence-electron chi connectivity index (χ1n) is 9.52. The zero-order valence-corrected chi connectivity index (χ0v) is 19.6. The number of rotatable bonds is 7. The van der Waals surface area contributed by atoms with Crippen LogP contribution in [-0.2, 0) is 19.8 Å². The first-order valence-corrected chi connectivity index (χ1v) is 9.52. The van der Waals surface area contributed by atoms with Crippen LogP contribution >= 0.6 is 24.0 Å². The second kappa shape index (κ2) is 11.2. The highest BCUT2D eigenvalue weighted by Crippen LogP contribution is 2.30. The Labute approximate surface area is 195 Å². The summed E-state index contributed by atoms with van der Waals surface area (Å²) in [6.07, 6.45) is -2.44. The molecule has 1 heterocycles. The number of ether oxygens (including phenoxy) is 1. The Morgan fingerprint density at radius 2 is 1.87 bits per heavy atom. The van der Waals surface area contributed by atoms with Gasteiger partial charge in [0.15, 0.2) is 11.7 Å². The largest absolute Gasteiger partial charge is 0.494 e. The number of hydrogen-bond acceptors (Lipinski definition) is 3. The standard InChI is InChI=1S/C21H24F3N5O.HI/c1-25-20(27-13-17-14-29(2)28-19(17)21(22,23)24)26-10-5-11-30-18-9-8-15-6-3-4-7-16(15)12-18;/h3-4,6-9,12,14H,5,10-11,13H2,1-2H3,(H2,25,26,27);1H. The smallest absolute Gasteiger partial charge is 0.435 e. The van der Waals surface area contributed by atoms with Gasteiger partial charge in [-0.15, -0.1) is 24.0 Å². The van der Waals surface area contributed by atoms with Crippen LogP contribution < -0.4 is 15.4 Å². The summed E-state index contributed by atoms with van der Waals surface area (Å²) in [5, 5.41) is 11.7. The van der Waals surface area contributed by atoms with Gasteiger partial charge in [-0.1, -0.05) is 30.3 Å². The minimum Gasteiger partial charge on any atom is -0.494 e. The molecule has 3 aromatic rings. The molecule has 168 valence electrons. The van der Waals surface area contributed by atoms with E-state index in [0.29, 0.717) is 25.5 Å². The topological polar surface area (TPSA) is 63.5 Å². The number of hydrogen-bond donors (Lipinski definition) is 2. The quantitative estimate of drug-likeness (QED) is 0.200. The van der Waals surface area contributed by atoms with E-state index in [-0.39, 0.29) is 36.1 Å². The van der Waals surface area contributed by atoms with Crippen molar-refractivity contribution < 1.29 is 17.9 Å². The fraction of sp³-hybridized carbons (Fsp3) is 0.333. The molecule has 6 nitrogen and oxygen atoms in total. The van der Waals surface area contributed by atoms with Crippen LogP contribution in [0.3, 0.4) is 0 Å². The Morgan fingerprint density at radius 3 is 2.58 bits per heavy atom. The Morgan fingerprint density at radius 1 is 1.13 bits per heavy atom. The third kappa shape index (κ3) is 7.01. The molecule has 0 saturated heterocycles. The Bertz CT molecular complexity index is 1020. The molecule has 0 spiro atoms. The molecule has 0 aliphatic heterocycles. The Kier molecular flexibility index (Phi) is 8.96. The Balaban J connectivity index is 0.00000341. The van der Waals surface area contributed by atoms with Gasteiger partial charge in [-0.3, -0.25) is 9.67 Å². The van der Waals surface area contributed by atoms with Crippen LogP contribution in [0.15, 0.2) is 53.7 Å². The van der Waals surface area contributed by atoms with Gasteiger partial charge in [-0.05, 0) is 29.3 Å². The summed E-state index contributed by atoms with van der Waals surface area (Å²) in [7, 11) is 3.02. The predicted molar refractivity (Wildman–Crippen MR) is 126 cm³/mol. The number of aryl methyl sites for hydroxylation is 1. The van der Waals surface area contributed by atoms with Crippen molar-refractivity contribution in [1.29, 1.82) is 0 Å². The van der Waals surface area contributed by atoms with Crippen molar-refractivity contribution in [3.63, 3.8) is 0 Å². The summed E-state index contributed by atoms with van der Waals surface area (Å²) in [6.45, 7) is 1.03. The van der Waals surface area contributed by atoms with Crippen LogP contribution in [-0.4, -0.2) is 35.9 Å². The average molecular weight is 547 g/mol. The van der Waals surface area contributed by atoms with Crippen molar-refractivity contribution in [3.05, 3.63) is 59.9 Å². The molecule has 0 radical (unpaired) electrons. The van der Waals surface area contributed by atoms with Crippen LogP contribution in [0, 0.1) is 0 Å². The molecule has 0 bridgehead atoms. The van der Waals surface area contributed by atoms with E-state index in [1.807, 2.05) is 42.5 Å². The fourth-order valence-corrected chi connectivity index (χ4v) is 3.03. The van der Waals surface area contributed by atoms with E-state index in [9.17, 15) is 13.2 Å². The summed E-state index contributed by atoms with van der Waals surface area (Å²) in [6, 6.07) is 14.0. The summed E-state index contributed by atoms with van der Waals surface area (Å²) >= 11 is 0. The minimum atomic E-state index is -4.49. The van der Waals surface area contributed by atoms with Crippen molar-refractivity contribution in [2.75, 3.05) is 20.2 Å². The number of aliphatic imine (C=N–C) groups is 1. The Hall–Kier alpha value is -2.50. The number of alkyl halides is 3. The molecular formula is C21H25F3IN5O. The molecule has 0 unspecified atom stereocenters. The highest BCUT2D eigenvalue weighted by Gasteiger charge is 2.36. The van der Waals surface area contributed by atoms with Gasteiger partial charge in [-0.2, -0.15) is 18.3 Å². The second-order valence-corrected chi connectivity index (χ2v) is 6.74. The zero-order chi connectivity index (χ0) is 21.6. The number of benzene rings is 2. The molecule has 0 aliphatic carbocycles. The second-order valence-electron chi connectivity index (χ2n) is 6.74. The van der Waals surface area contributed by atoms with Crippen molar-refractivity contribution in [1.82, 2.24) is 20.4 Å². The van der Waals surface area contributed by atoms with E-state index in [0.717, 1.165) is 21.2 Å². The summed E-state index contributed by atoms with van der Waals surface area (Å²) in [5.41, 5.74) is -0.829. The average Bonchev–Trinajstić information content (AvgIpc) is 3.11. The maximum Gasteiger partial charge on any atom is 0.435 e. The fourth-order valence-electron chi connectivity index (χ4n) is 3.03. The molecule has 0 saturated carbocycles. The van der Waals surface area contributed by atoms with E-state index in [1.165, 1.54) is 13.2 Å². The predicted octanol–water partition coefficient (Wildman–Crippen LogP) is 4.34. The summed E-state index contributed by atoms with van der Waals surface area (Å²) < 4.78 is 46.0. The van der Waals surface area contributed by atoms with Gasteiger partial charge in [0.25, 0.3) is 0 Å². The van der Waals surface area contributed by atoms with E-state index in [1.54, 1.807) is 7.05 Å². The van der Waals surface area contributed by atoms with Gasteiger partial charge < -0.3 is 15.4 Å². The molecule has 0 amide bonds. The number of nitrogens with zero attached hydrogens (tertiary/aromatic N) is 3. The molecule has 0 atom stereocenters. The molecule has 0 aliphatic rings. The van der Waals surface area contributed by atoms with Crippen LogP contribution in [0.1, 0.15) is 17.7 Å². The number of nitrogens with one attached hydrogen (secondary N) is 2. The van der Waals surface area contributed by atoms with Gasteiger partial charge in [0, 0.05) is 38.9 Å². The highest BCUT2D eigenvalue weighted by atomic mass is 127. The van der Waals surface area contributed by atoms with Crippen LogP contribution in [0.25, 0.3) is 10.8 Å². The zero-order valence-electron chi connectivity index (χ0n) is 17.2. The van der Waals surface area contributed by atoms with Crippen LogP contribution in [0.5, 0.6) is 5.75 Å². The molecule has 3 rings (SSSR count). The van der Waals surface area contributed by atoms with E-state index in [2.05, 4.69) is 20.7 Å². The molecular weight excluding hydrogens is 522 g/mol. The van der Waals surface area contributed by atoms with Crippen LogP contribution in [0.2, 0.25) is 0 Å². The van der Waals surface area contributed by atoms with Gasteiger partial charge >= 0.3 is 6.18 Å².